The first-order chi connectivity index (χ1) is 10.7. The van der Waals surface area contributed by atoms with Crippen molar-refractivity contribution in [1.82, 2.24) is 9.62 Å². The van der Waals surface area contributed by atoms with E-state index in [2.05, 4.69) is 5.32 Å². The lowest BCUT2D eigenvalue weighted by molar-refractivity contribution is -0.137. The smallest absolute Gasteiger partial charge is 0.315 e. The molecule has 0 spiro atoms. The molecule has 0 saturated carbocycles. The lowest BCUT2D eigenvalue weighted by atomic mass is 10.2. The average molecular weight is 407 g/mol. The summed E-state index contributed by atoms with van der Waals surface area (Å²) >= 11 is 5.89. The van der Waals surface area contributed by atoms with Crippen LogP contribution in [0.3, 0.4) is 0 Å². The van der Waals surface area contributed by atoms with E-state index in [1.165, 1.54) is 4.31 Å². The van der Waals surface area contributed by atoms with Crippen molar-refractivity contribution in [3.63, 3.8) is 0 Å². The van der Waals surface area contributed by atoms with Crippen LogP contribution in [-0.4, -0.2) is 38.4 Å². The Morgan fingerprint density at radius 3 is 2.54 bits per heavy atom. The number of benzene rings is 1. The van der Waals surface area contributed by atoms with Crippen molar-refractivity contribution in [3.8, 4) is 0 Å². The monoisotopic (exact) mass is 406 g/mol. The van der Waals surface area contributed by atoms with Gasteiger partial charge in [0.05, 0.1) is 10.6 Å². The van der Waals surface area contributed by atoms with Crippen molar-refractivity contribution in [2.45, 2.75) is 36.9 Å². The van der Waals surface area contributed by atoms with Gasteiger partial charge in [-0.2, -0.15) is 17.5 Å². The van der Waals surface area contributed by atoms with E-state index in [1.807, 2.05) is 6.92 Å². The lowest BCUT2D eigenvalue weighted by Gasteiger charge is -2.28. The zero-order chi connectivity index (χ0) is 17.3. The second-order valence-corrected chi connectivity index (χ2v) is 7.67. The SMILES string of the molecule is CCCN(C1CCNC1)S(=O)(=O)c1cc(C(F)(F)F)ccc1Cl.Cl. The fourth-order valence-electron chi connectivity index (χ4n) is 2.61. The highest BCUT2D eigenvalue weighted by molar-refractivity contribution is 7.89. The number of hydrogen-bond donors (Lipinski definition) is 1. The molecule has 4 nitrogen and oxygen atoms in total. The van der Waals surface area contributed by atoms with Crippen molar-refractivity contribution < 1.29 is 21.6 Å². The predicted octanol–water partition coefficient (Wildman–Crippen LogP) is 3.54. The molecule has 0 radical (unpaired) electrons. The van der Waals surface area contributed by atoms with Crippen LogP contribution < -0.4 is 5.32 Å². The third-order valence-electron chi connectivity index (χ3n) is 3.73. The van der Waals surface area contributed by atoms with Gasteiger partial charge in [0.25, 0.3) is 0 Å². The Bertz CT molecular complexity index is 662. The summed E-state index contributed by atoms with van der Waals surface area (Å²) in [4.78, 5) is -0.491. The molecule has 1 saturated heterocycles. The number of nitrogens with zero attached hydrogens (tertiary/aromatic N) is 1. The average Bonchev–Trinajstić information content (AvgIpc) is 2.97. The molecule has 0 amide bonds. The molecule has 1 aromatic carbocycles. The van der Waals surface area contributed by atoms with Crippen LogP contribution in [0.1, 0.15) is 25.3 Å². The number of nitrogens with one attached hydrogen (secondary N) is 1. The standard InChI is InChI=1S/C14H18ClF3N2O2S.ClH/c1-2-7-20(11-5-6-19-9-11)23(21,22)13-8-10(14(16,17)18)3-4-12(13)15;/h3-4,8,11,19H,2,5-7,9H2,1H3;1H. The lowest BCUT2D eigenvalue weighted by Crippen LogP contribution is -2.42. The van der Waals surface area contributed by atoms with Crippen molar-refractivity contribution >= 4 is 34.0 Å². The summed E-state index contributed by atoms with van der Waals surface area (Å²) in [5.74, 6) is 0. The van der Waals surface area contributed by atoms with Gasteiger partial charge in [0.15, 0.2) is 0 Å². The molecule has 138 valence electrons. The van der Waals surface area contributed by atoms with Crippen LogP contribution in [0.2, 0.25) is 5.02 Å². The van der Waals surface area contributed by atoms with E-state index >= 15 is 0 Å². The van der Waals surface area contributed by atoms with Gasteiger partial charge < -0.3 is 5.32 Å². The van der Waals surface area contributed by atoms with Gasteiger partial charge >= 0.3 is 6.18 Å². The zero-order valence-corrected chi connectivity index (χ0v) is 15.3. The van der Waals surface area contributed by atoms with Gasteiger partial charge in [-0.1, -0.05) is 18.5 Å². The Morgan fingerprint density at radius 1 is 1.38 bits per heavy atom. The summed E-state index contributed by atoms with van der Waals surface area (Å²) in [6, 6.07) is 2.10. The van der Waals surface area contributed by atoms with Gasteiger partial charge in [0.1, 0.15) is 4.90 Å². The molecule has 0 aliphatic carbocycles. The molecule has 0 aromatic heterocycles. The Hall–Kier alpha value is -0.540. The van der Waals surface area contributed by atoms with Crippen molar-refractivity contribution in [3.05, 3.63) is 28.8 Å². The number of sulfonamides is 1. The molecule has 1 unspecified atom stereocenters. The number of rotatable bonds is 5. The van der Waals surface area contributed by atoms with Gasteiger partial charge in [-0.3, -0.25) is 0 Å². The first-order valence-corrected chi connectivity index (χ1v) is 9.09. The summed E-state index contributed by atoms with van der Waals surface area (Å²) < 4.78 is 65.6. The third kappa shape index (κ3) is 4.54. The fraction of sp³-hybridized carbons (Fsp3) is 0.571. The first-order valence-electron chi connectivity index (χ1n) is 7.27. The van der Waals surface area contributed by atoms with E-state index in [9.17, 15) is 21.6 Å². The fourth-order valence-corrected chi connectivity index (χ4v) is 4.86. The minimum absolute atomic E-state index is 0. The summed E-state index contributed by atoms with van der Waals surface area (Å²) in [7, 11) is -4.10. The second-order valence-electron chi connectivity index (χ2n) is 5.41. The van der Waals surface area contributed by atoms with Crippen LogP contribution in [0, 0.1) is 0 Å². The number of halogens is 5. The highest BCUT2D eigenvalue weighted by atomic mass is 35.5. The maximum absolute atomic E-state index is 12.9. The van der Waals surface area contributed by atoms with Gasteiger partial charge in [-0.25, -0.2) is 8.42 Å². The quantitative estimate of drug-likeness (QED) is 0.813. The van der Waals surface area contributed by atoms with E-state index < -0.39 is 26.7 Å². The molecule has 10 heteroatoms. The van der Waals surface area contributed by atoms with Gasteiger partial charge in [0, 0.05) is 19.1 Å². The maximum atomic E-state index is 12.9. The summed E-state index contributed by atoms with van der Waals surface area (Å²) in [6.45, 7) is 3.21. The molecule has 1 aliphatic heterocycles. The minimum Gasteiger partial charge on any atom is -0.315 e. The molecule has 1 heterocycles. The molecule has 24 heavy (non-hydrogen) atoms. The van der Waals surface area contributed by atoms with E-state index in [0.29, 0.717) is 32.0 Å². The van der Waals surface area contributed by atoms with E-state index in [4.69, 9.17) is 11.6 Å². The topological polar surface area (TPSA) is 49.4 Å². The number of alkyl halides is 3. The zero-order valence-electron chi connectivity index (χ0n) is 12.9. The van der Waals surface area contributed by atoms with Crippen LogP contribution in [0.5, 0.6) is 0 Å². The number of hydrogen-bond acceptors (Lipinski definition) is 3. The molecular weight excluding hydrogens is 388 g/mol. The normalized spacial score (nSPS) is 18.7. The van der Waals surface area contributed by atoms with E-state index in [-0.39, 0.29) is 30.0 Å². The van der Waals surface area contributed by atoms with Gasteiger partial charge in [-0.05, 0) is 37.6 Å². The van der Waals surface area contributed by atoms with Crippen LogP contribution in [-0.2, 0) is 16.2 Å². The molecular formula is C14H19Cl2F3N2O2S. The van der Waals surface area contributed by atoms with Crippen molar-refractivity contribution in [2.24, 2.45) is 0 Å². The Balaban J connectivity index is 0.00000288. The second kappa shape index (κ2) is 8.23. The van der Waals surface area contributed by atoms with E-state index in [0.717, 1.165) is 12.1 Å². The minimum atomic E-state index is -4.63. The highest BCUT2D eigenvalue weighted by Crippen LogP contribution is 2.35. The van der Waals surface area contributed by atoms with Crippen LogP contribution in [0.4, 0.5) is 13.2 Å². The van der Waals surface area contributed by atoms with Gasteiger partial charge in [0.2, 0.25) is 10.0 Å². The molecule has 1 aliphatic rings. The molecule has 1 fully saturated rings. The van der Waals surface area contributed by atoms with Crippen LogP contribution >= 0.6 is 24.0 Å². The Kier molecular flexibility index (Phi) is 7.37. The summed E-state index contributed by atoms with van der Waals surface area (Å²) in [5, 5.41) is 2.86. The van der Waals surface area contributed by atoms with Crippen molar-refractivity contribution in [1.29, 1.82) is 0 Å². The highest BCUT2D eigenvalue weighted by Gasteiger charge is 2.37. The summed E-state index contributed by atoms with van der Waals surface area (Å²) in [6.07, 6.45) is -3.44. The summed E-state index contributed by atoms with van der Waals surface area (Å²) in [5.41, 5.74) is -1.03. The molecule has 1 N–H and O–H groups in total. The van der Waals surface area contributed by atoms with Crippen molar-refractivity contribution in [2.75, 3.05) is 19.6 Å². The first kappa shape index (κ1) is 21.5. The molecule has 2 rings (SSSR count). The van der Waals surface area contributed by atoms with Crippen LogP contribution in [0.25, 0.3) is 0 Å². The maximum Gasteiger partial charge on any atom is 0.416 e. The predicted molar refractivity (Wildman–Crippen MR) is 89.2 cm³/mol. The van der Waals surface area contributed by atoms with Crippen LogP contribution in [0.15, 0.2) is 23.1 Å². The Labute approximate surface area is 150 Å². The van der Waals surface area contributed by atoms with E-state index in [1.54, 1.807) is 0 Å². The molecule has 1 atom stereocenters. The Morgan fingerprint density at radius 2 is 2.04 bits per heavy atom. The largest absolute Gasteiger partial charge is 0.416 e. The van der Waals surface area contributed by atoms with Gasteiger partial charge in [-0.15, -0.1) is 12.4 Å². The molecule has 1 aromatic rings. The third-order valence-corrected chi connectivity index (χ3v) is 6.16. The molecule has 0 bridgehead atoms.